The van der Waals surface area contributed by atoms with E-state index in [1.165, 1.54) is 12.4 Å². The molecule has 0 aliphatic heterocycles. The molecule has 4 aromatic rings. The lowest BCUT2D eigenvalue weighted by atomic mass is 9.52. The van der Waals surface area contributed by atoms with E-state index < -0.39 is 11.9 Å². The summed E-state index contributed by atoms with van der Waals surface area (Å²) in [6.07, 6.45) is 4.25. The third kappa shape index (κ3) is 6.09. The van der Waals surface area contributed by atoms with Crippen LogP contribution in [-0.4, -0.2) is 27.6 Å². The zero-order valence-electron chi connectivity index (χ0n) is 22.8. The van der Waals surface area contributed by atoms with Crippen molar-refractivity contribution in [2.75, 3.05) is 0 Å². The van der Waals surface area contributed by atoms with Crippen LogP contribution in [0.15, 0.2) is 79.1 Å². The summed E-state index contributed by atoms with van der Waals surface area (Å²) in [5.41, 5.74) is 9.30. The molecule has 0 radical (unpaired) electrons. The lowest BCUT2D eigenvalue weighted by Crippen LogP contribution is -2.49. The van der Waals surface area contributed by atoms with Gasteiger partial charge >= 0.3 is 0 Å². The maximum absolute atomic E-state index is 13.1. The molecule has 10 heteroatoms. The Balaban J connectivity index is 1.37. The van der Waals surface area contributed by atoms with Gasteiger partial charge < -0.3 is 16.3 Å². The van der Waals surface area contributed by atoms with Crippen LogP contribution >= 0.6 is 23.2 Å². The maximum atomic E-state index is 13.1. The zero-order chi connectivity index (χ0) is 29.3. The number of rotatable bonds is 9. The summed E-state index contributed by atoms with van der Waals surface area (Å²) in [6, 6.07) is 19.5. The number of amides is 2. The number of hydrogen-bond donors (Lipinski definition) is 2. The highest BCUT2D eigenvalue weighted by atomic mass is 35.5. The smallest absolute Gasteiger partial charge is 0.240 e. The number of nitrogens with zero attached hydrogens (tertiary/aromatic N) is 3. The molecular formula is C31H31Cl2N5O3. The number of benzene rings is 2. The van der Waals surface area contributed by atoms with Crippen molar-refractivity contribution < 1.29 is 14.3 Å². The van der Waals surface area contributed by atoms with E-state index in [0.717, 1.165) is 28.1 Å². The predicted octanol–water partition coefficient (Wildman–Crippen LogP) is 5.21. The molecule has 2 aromatic carbocycles. The number of aromatic nitrogens is 3. The van der Waals surface area contributed by atoms with E-state index in [0.29, 0.717) is 27.7 Å². The third-order valence-electron chi connectivity index (χ3n) is 8.18. The van der Waals surface area contributed by atoms with Gasteiger partial charge in [-0.05, 0) is 53.6 Å². The average Bonchev–Trinajstić information content (AvgIpc) is 3.37. The maximum Gasteiger partial charge on any atom is 0.240 e. The molecule has 2 heterocycles. The second kappa shape index (κ2) is 11.5. The number of primary amides is 1. The summed E-state index contributed by atoms with van der Waals surface area (Å²) in [7, 11) is 0. The molecular weight excluding hydrogens is 561 g/mol. The second-order valence-electron chi connectivity index (χ2n) is 11.1. The number of carbonyl (C=O) groups excluding carboxylic acids is 2. The highest BCUT2D eigenvalue weighted by Crippen LogP contribution is 2.58. The van der Waals surface area contributed by atoms with E-state index in [4.69, 9.17) is 34.0 Å². The molecule has 0 unspecified atom stereocenters. The standard InChI is InChI=1S/C31H31Cl2N5O3/c1-31(2)21(15-29(39)35-27(30(34)40)13-19-7-4-3-5-8-19)14-23(31)28-17-26(20-9-6-12-37(41)18-20)36-38(28)22-10-11-24(32)25(33)16-22/h3-12,16-18,21,23,27H,13-15H2,1-2H3,(H2,34,40)(H,35,39)/t21-,23-,27-/m0/s1. The molecule has 1 aliphatic carbocycles. The van der Waals surface area contributed by atoms with E-state index in [1.807, 2.05) is 53.2 Å². The molecule has 1 saturated carbocycles. The molecule has 2 aromatic heterocycles. The van der Waals surface area contributed by atoms with Gasteiger partial charge in [-0.25, -0.2) is 4.68 Å². The van der Waals surface area contributed by atoms with Crippen molar-refractivity contribution >= 4 is 35.0 Å². The minimum Gasteiger partial charge on any atom is -0.619 e. The van der Waals surface area contributed by atoms with Crippen molar-refractivity contribution in [2.45, 2.75) is 45.1 Å². The lowest BCUT2D eigenvalue weighted by molar-refractivity contribution is -0.604. The number of halogens is 2. The van der Waals surface area contributed by atoms with E-state index >= 15 is 0 Å². The van der Waals surface area contributed by atoms with Gasteiger partial charge in [0.2, 0.25) is 11.8 Å². The van der Waals surface area contributed by atoms with Gasteiger partial charge in [0.1, 0.15) is 6.04 Å². The first-order valence-electron chi connectivity index (χ1n) is 13.4. The van der Waals surface area contributed by atoms with E-state index in [9.17, 15) is 14.8 Å². The van der Waals surface area contributed by atoms with E-state index in [1.54, 1.807) is 18.2 Å². The van der Waals surface area contributed by atoms with Gasteiger partial charge in [0.15, 0.2) is 12.4 Å². The minimum absolute atomic E-state index is 0.0651. The van der Waals surface area contributed by atoms with Gasteiger partial charge in [-0.1, -0.05) is 67.4 Å². The Morgan fingerprint density at radius 2 is 1.88 bits per heavy atom. The second-order valence-corrected chi connectivity index (χ2v) is 12.0. The van der Waals surface area contributed by atoms with Crippen LogP contribution in [0.1, 0.15) is 43.9 Å². The largest absolute Gasteiger partial charge is 0.619 e. The van der Waals surface area contributed by atoms with Crippen molar-refractivity contribution in [3.8, 4) is 16.9 Å². The summed E-state index contributed by atoms with van der Waals surface area (Å²) in [4.78, 5) is 25.2. The molecule has 5 rings (SSSR count). The van der Waals surface area contributed by atoms with Crippen molar-refractivity contribution in [2.24, 2.45) is 17.1 Å². The Bertz CT molecular complexity index is 1590. The molecule has 2 amide bonds. The molecule has 0 bridgehead atoms. The average molecular weight is 593 g/mol. The molecule has 41 heavy (non-hydrogen) atoms. The number of pyridine rings is 1. The summed E-state index contributed by atoms with van der Waals surface area (Å²) in [5, 5.41) is 20.5. The van der Waals surface area contributed by atoms with Crippen LogP contribution in [0.25, 0.3) is 16.9 Å². The summed E-state index contributed by atoms with van der Waals surface area (Å²) in [6.45, 7) is 4.27. The molecule has 8 nitrogen and oxygen atoms in total. The van der Waals surface area contributed by atoms with Crippen molar-refractivity contribution in [1.82, 2.24) is 15.1 Å². The van der Waals surface area contributed by atoms with E-state index in [-0.39, 0.29) is 29.6 Å². The molecule has 212 valence electrons. The lowest BCUT2D eigenvalue weighted by Gasteiger charge is -2.52. The van der Waals surface area contributed by atoms with Crippen molar-refractivity contribution in [3.63, 3.8) is 0 Å². The summed E-state index contributed by atoms with van der Waals surface area (Å²) >= 11 is 12.5. The Hall–Kier alpha value is -3.88. The highest BCUT2D eigenvalue weighted by Gasteiger charge is 2.50. The zero-order valence-corrected chi connectivity index (χ0v) is 24.3. The Morgan fingerprint density at radius 1 is 1.12 bits per heavy atom. The Kier molecular flexibility index (Phi) is 8.07. The van der Waals surface area contributed by atoms with Gasteiger partial charge in [0, 0.05) is 30.5 Å². The van der Waals surface area contributed by atoms with Crippen molar-refractivity contribution in [1.29, 1.82) is 0 Å². The normalized spacial score (nSPS) is 18.3. The highest BCUT2D eigenvalue weighted by molar-refractivity contribution is 6.42. The summed E-state index contributed by atoms with van der Waals surface area (Å²) < 4.78 is 2.58. The molecule has 3 N–H and O–H groups in total. The molecule has 0 spiro atoms. The molecule has 1 fully saturated rings. The van der Waals surface area contributed by atoms with Crippen LogP contribution in [-0.2, 0) is 16.0 Å². The first-order valence-corrected chi connectivity index (χ1v) is 14.2. The number of carbonyl (C=O) groups is 2. The molecule has 0 saturated heterocycles. The molecule has 3 atom stereocenters. The van der Waals surface area contributed by atoms with Crippen LogP contribution in [0.4, 0.5) is 0 Å². The van der Waals surface area contributed by atoms with Crippen LogP contribution in [0.3, 0.4) is 0 Å². The quantitative estimate of drug-likeness (QED) is 0.205. The fourth-order valence-corrected chi connectivity index (χ4v) is 5.92. The van der Waals surface area contributed by atoms with Gasteiger partial charge in [0.05, 0.1) is 27.0 Å². The number of nitrogens with one attached hydrogen (secondary N) is 1. The van der Waals surface area contributed by atoms with Crippen LogP contribution < -0.4 is 15.8 Å². The van der Waals surface area contributed by atoms with E-state index in [2.05, 4.69) is 19.2 Å². The number of nitrogens with two attached hydrogens (primary N) is 1. The van der Waals surface area contributed by atoms with Gasteiger partial charge in [0.25, 0.3) is 0 Å². The topological polar surface area (TPSA) is 117 Å². The first kappa shape index (κ1) is 28.6. The van der Waals surface area contributed by atoms with Gasteiger partial charge in [-0.15, -0.1) is 0 Å². The SMILES string of the molecule is CC1(C)[C@H](CC(=O)N[C@@H](Cc2ccccc2)C(N)=O)C[C@H]1c1cc(-c2ccc[n+]([O-])c2)nn1-c1ccc(Cl)c(Cl)c1. The Morgan fingerprint density at radius 3 is 2.54 bits per heavy atom. The summed E-state index contributed by atoms with van der Waals surface area (Å²) in [5.74, 6) is -0.634. The van der Waals surface area contributed by atoms with Crippen LogP contribution in [0.5, 0.6) is 0 Å². The Labute approximate surface area is 248 Å². The van der Waals surface area contributed by atoms with Crippen LogP contribution in [0.2, 0.25) is 10.0 Å². The van der Waals surface area contributed by atoms with Gasteiger partial charge in [-0.2, -0.15) is 9.83 Å². The van der Waals surface area contributed by atoms with Gasteiger partial charge in [-0.3, -0.25) is 9.59 Å². The van der Waals surface area contributed by atoms with Crippen LogP contribution in [0, 0.1) is 16.5 Å². The number of hydrogen-bond acceptors (Lipinski definition) is 4. The first-order chi connectivity index (χ1) is 19.5. The third-order valence-corrected chi connectivity index (χ3v) is 8.92. The fraction of sp³-hybridized carbons (Fsp3) is 0.290. The predicted molar refractivity (Wildman–Crippen MR) is 158 cm³/mol. The fourth-order valence-electron chi connectivity index (χ4n) is 5.63. The minimum atomic E-state index is -0.780. The van der Waals surface area contributed by atoms with Crippen molar-refractivity contribution in [3.05, 3.63) is 106 Å². The monoisotopic (exact) mass is 591 g/mol. The molecule has 1 aliphatic rings.